The molecule has 0 aliphatic rings. The number of nitrogens with zero attached hydrogens (tertiary/aromatic N) is 2. The molecule has 0 spiro atoms. The highest BCUT2D eigenvalue weighted by atomic mass is 15.1. The van der Waals surface area contributed by atoms with Crippen molar-refractivity contribution in [3.8, 4) is 0 Å². The van der Waals surface area contributed by atoms with Crippen LogP contribution in [-0.2, 0) is 0 Å². The van der Waals surface area contributed by atoms with E-state index in [0.29, 0.717) is 0 Å². The number of anilines is 2. The fraction of sp³-hybridized carbons (Fsp3) is 0.615. The highest BCUT2D eigenvalue weighted by Gasteiger charge is 2.08. The number of hydrogen-bond donors (Lipinski definition) is 2. The SMILES string of the molecule is CN(C)c1ccncc1NCCNC(C)(C)C. The molecule has 1 rings (SSSR count). The zero-order valence-electron chi connectivity index (χ0n) is 11.5. The number of hydrogen-bond acceptors (Lipinski definition) is 4. The van der Waals surface area contributed by atoms with Crippen molar-refractivity contribution in [1.82, 2.24) is 10.3 Å². The van der Waals surface area contributed by atoms with Crippen LogP contribution in [0.1, 0.15) is 20.8 Å². The summed E-state index contributed by atoms with van der Waals surface area (Å²) in [6, 6.07) is 2.01. The lowest BCUT2D eigenvalue weighted by atomic mass is 10.1. The molecule has 0 saturated carbocycles. The first-order valence-corrected chi connectivity index (χ1v) is 6.00. The fourth-order valence-corrected chi connectivity index (χ4v) is 1.55. The number of aromatic nitrogens is 1. The third kappa shape index (κ3) is 5.04. The number of pyridine rings is 1. The van der Waals surface area contributed by atoms with Gasteiger partial charge in [0, 0.05) is 38.9 Å². The van der Waals surface area contributed by atoms with Crippen LogP contribution in [0.4, 0.5) is 11.4 Å². The summed E-state index contributed by atoms with van der Waals surface area (Å²) in [5.41, 5.74) is 2.41. The molecule has 0 aliphatic heterocycles. The molecule has 4 heteroatoms. The van der Waals surface area contributed by atoms with E-state index in [4.69, 9.17) is 0 Å². The molecule has 1 aromatic heterocycles. The van der Waals surface area contributed by atoms with Crippen LogP contribution in [0.3, 0.4) is 0 Å². The van der Waals surface area contributed by atoms with E-state index in [9.17, 15) is 0 Å². The summed E-state index contributed by atoms with van der Waals surface area (Å²) in [4.78, 5) is 6.23. The van der Waals surface area contributed by atoms with Crippen LogP contribution >= 0.6 is 0 Å². The van der Waals surface area contributed by atoms with Crippen LogP contribution in [0.25, 0.3) is 0 Å². The lowest BCUT2D eigenvalue weighted by Crippen LogP contribution is -2.38. The molecule has 0 amide bonds. The number of nitrogens with one attached hydrogen (secondary N) is 2. The molecule has 17 heavy (non-hydrogen) atoms. The Kier molecular flexibility index (Phi) is 4.75. The Morgan fingerprint density at radius 3 is 2.53 bits per heavy atom. The Bertz CT molecular complexity index is 342. The average molecular weight is 236 g/mol. The average Bonchev–Trinajstić information content (AvgIpc) is 2.23. The van der Waals surface area contributed by atoms with Gasteiger partial charge in [-0.1, -0.05) is 0 Å². The largest absolute Gasteiger partial charge is 0.381 e. The van der Waals surface area contributed by atoms with Crippen molar-refractivity contribution in [2.75, 3.05) is 37.4 Å². The van der Waals surface area contributed by atoms with Gasteiger partial charge < -0.3 is 15.5 Å². The second-order valence-electron chi connectivity index (χ2n) is 5.39. The molecule has 4 nitrogen and oxygen atoms in total. The summed E-state index contributed by atoms with van der Waals surface area (Å²) < 4.78 is 0. The molecule has 0 fully saturated rings. The Balaban J connectivity index is 2.47. The van der Waals surface area contributed by atoms with E-state index >= 15 is 0 Å². The molecule has 0 aliphatic carbocycles. The second-order valence-corrected chi connectivity index (χ2v) is 5.39. The predicted octanol–water partition coefficient (Wildman–Crippen LogP) is 1.95. The van der Waals surface area contributed by atoms with E-state index in [1.54, 1.807) is 0 Å². The van der Waals surface area contributed by atoms with Crippen LogP contribution < -0.4 is 15.5 Å². The standard InChI is InChI=1S/C13H24N4/c1-13(2,3)16-9-8-15-11-10-14-7-6-12(11)17(4)5/h6-7,10,15-16H,8-9H2,1-5H3. The first-order valence-electron chi connectivity index (χ1n) is 6.00. The van der Waals surface area contributed by atoms with Crippen molar-refractivity contribution < 1.29 is 0 Å². The summed E-state index contributed by atoms with van der Waals surface area (Å²) >= 11 is 0. The lowest BCUT2D eigenvalue weighted by molar-refractivity contribution is 0.435. The third-order valence-corrected chi connectivity index (χ3v) is 2.38. The van der Waals surface area contributed by atoms with E-state index in [-0.39, 0.29) is 5.54 Å². The highest BCUT2D eigenvalue weighted by molar-refractivity contribution is 5.67. The van der Waals surface area contributed by atoms with Gasteiger partial charge in [0.2, 0.25) is 0 Å². The first kappa shape index (κ1) is 13.8. The van der Waals surface area contributed by atoms with Crippen molar-refractivity contribution >= 4 is 11.4 Å². The molecule has 0 saturated heterocycles. The quantitative estimate of drug-likeness (QED) is 0.767. The molecule has 0 bridgehead atoms. The summed E-state index contributed by atoms with van der Waals surface area (Å²) in [5, 5.41) is 6.84. The van der Waals surface area contributed by atoms with E-state index in [1.807, 2.05) is 32.6 Å². The fourth-order valence-electron chi connectivity index (χ4n) is 1.55. The van der Waals surface area contributed by atoms with Gasteiger partial charge in [-0.25, -0.2) is 0 Å². The van der Waals surface area contributed by atoms with Gasteiger partial charge in [0.1, 0.15) is 0 Å². The molecule has 1 aromatic rings. The smallest absolute Gasteiger partial charge is 0.0764 e. The van der Waals surface area contributed by atoms with E-state index in [2.05, 4.69) is 41.3 Å². The Hall–Kier alpha value is -1.29. The van der Waals surface area contributed by atoms with E-state index < -0.39 is 0 Å². The maximum absolute atomic E-state index is 4.15. The molecule has 1 heterocycles. The summed E-state index contributed by atoms with van der Waals surface area (Å²) in [6.45, 7) is 8.34. The molecule has 0 atom stereocenters. The zero-order valence-corrected chi connectivity index (χ0v) is 11.5. The van der Waals surface area contributed by atoms with Gasteiger partial charge in [-0.15, -0.1) is 0 Å². The molecular weight excluding hydrogens is 212 g/mol. The van der Waals surface area contributed by atoms with Gasteiger partial charge >= 0.3 is 0 Å². The van der Waals surface area contributed by atoms with Crippen LogP contribution in [0, 0.1) is 0 Å². The summed E-state index contributed by atoms with van der Waals surface area (Å²) in [6.07, 6.45) is 3.68. The number of rotatable bonds is 5. The molecule has 0 aromatic carbocycles. The van der Waals surface area contributed by atoms with Gasteiger partial charge in [-0.05, 0) is 26.8 Å². The van der Waals surface area contributed by atoms with Gasteiger partial charge in [-0.3, -0.25) is 4.98 Å². The Morgan fingerprint density at radius 1 is 1.24 bits per heavy atom. The second kappa shape index (κ2) is 5.87. The van der Waals surface area contributed by atoms with Crippen molar-refractivity contribution in [3.63, 3.8) is 0 Å². The van der Waals surface area contributed by atoms with Gasteiger partial charge in [0.05, 0.1) is 17.6 Å². The van der Waals surface area contributed by atoms with Crippen LogP contribution in [0.2, 0.25) is 0 Å². The minimum atomic E-state index is 0.168. The molecule has 0 unspecified atom stereocenters. The lowest BCUT2D eigenvalue weighted by Gasteiger charge is -2.22. The van der Waals surface area contributed by atoms with Crippen LogP contribution in [0.15, 0.2) is 18.5 Å². The van der Waals surface area contributed by atoms with Crippen molar-refractivity contribution in [2.24, 2.45) is 0 Å². The minimum absolute atomic E-state index is 0.168. The summed E-state index contributed by atoms with van der Waals surface area (Å²) in [7, 11) is 4.07. The topological polar surface area (TPSA) is 40.2 Å². The molecule has 2 N–H and O–H groups in total. The maximum atomic E-state index is 4.15. The van der Waals surface area contributed by atoms with Crippen molar-refractivity contribution in [2.45, 2.75) is 26.3 Å². The van der Waals surface area contributed by atoms with Crippen LogP contribution in [-0.4, -0.2) is 37.7 Å². The van der Waals surface area contributed by atoms with Crippen molar-refractivity contribution in [1.29, 1.82) is 0 Å². The van der Waals surface area contributed by atoms with Gasteiger partial charge in [0.25, 0.3) is 0 Å². The Morgan fingerprint density at radius 2 is 1.94 bits per heavy atom. The van der Waals surface area contributed by atoms with E-state index in [0.717, 1.165) is 24.5 Å². The molecule has 96 valence electrons. The molecular formula is C13H24N4. The predicted molar refractivity (Wildman–Crippen MR) is 74.8 cm³/mol. The highest BCUT2D eigenvalue weighted by Crippen LogP contribution is 2.21. The van der Waals surface area contributed by atoms with Gasteiger partial charge in [0.15, 0.2) is 0 Å². The van der Waals surface area contributed by atoms with Crippen LogP contribution in [0.5, 0.6) is 0 Å². The summed E-state index contributed by atoms with van der Waals surface area (Å²) in [5.74, 6) is 0. The maximum Gasteiger partial charge on any atom is 0.0764 e. The van der Waals surface area contributed by atoms with E-state index in [1.165, 1.54) is 0 Å². The third-order valence-electron chi connectivity index (χ3n) is 2.38. The normalized spacial score (nSPS) is 11.4. The van der Waals surface area contributed by atoms with Gasteiger partial charge in [-0.2, -0.15) is 0 Å². The monoisotopic (exact) mass is 236 g/mol. The first-order chi connectivity index (χ1) is 7.90. The zero-order chi connectivity index (χ0) is 12.9. The Labute approximate surface area is 104 Å². The van der Waals surface area contributed by atoms with Crippen molar-refractivity contribution in [3.05, 3.63) is 18.5 Å². The minimum Gasteiger partial charge on any atom is -0.381 e. The molecule has 0 radical (unpaired) electrons.